The van der Waals surface area contributed by atoms with Gasteiger partial charge in [-0.15, -0.1) is 10.2 Å². The van der Waals surface area contributed by atoms with Gasteiger partial charge in [-0.1, -0.05) is 29.5 Å². The van der Waals surface area contributed by atoms with Crippen molar-refractivity contribution in [3.05, 3.63) is 53.1 Å². The second kappa shape index (κ2) is 9.59. The number of rotatable bonds is 6. The van der Waals surface area contributed by atoms with Gasteiger partial charge in [0, 0.05) is 24.2 Å². The van der Waals surface area contributed by atoms with Crippen LogP contribution in [0.25, 0.3) is 21.1 Å². The van der Waals surface area contributed by atoms with E-state index in [1.807, 2.05) is 38.1 Å². The van der Waals surface area contributed by atoms with Crippen LogP contribution < -0.4 is 10.1 Å². The zero-order valence-corrected chi connectivity index (χ0v) is 20.7. The maximum absolute atomic E-state index is 12.6. The highest BCUT2D eigenvalue weighted by atomic mass is 32.1. The second-order valence-corrected chi connectivity index (χ2v) is 10.2. The number of fused-ring (bicyclic) bond motifs is 1. The van der Waals surface area contributed by atoms with Gasteiger partial charge >= 0.3 is 12.0 Å². The molecule has 2 amide bonds. The molecule has 2 heterocycles. The fraction of sp³-hybridized carbons (Fsp3) is 0.346. The van der Waals surface area contributed by atoms with E-state index in [1.165, 1.54) is 16.2 Å². The zero-order chi connectivity index (χ0) is 25.4. The van der Waals surface area contributed by atoms with Crippen LogP contribution in [0.2, 0.25) is 0 Å². The summed E-state index contributed by atoms with van der Waals surface area (Å²) >= 11 is 1.46. The number of nitriles is 1. The number of carbonyl (C=O) groups excluding carboxylic acids is 1. The minimum absolute atomic E-state index is 0.0302. The van der Waals surface area contributed by atoms with Crippen LogP contribution >= 0.6 is 11.3 Å². The number of hydrogen-bond acceptors (Lipinski definition) is 7. The Labute approximate surface area is 212 Å². The lowest BCUT2D eigenvalue weighted by Gasteiger charge is -2.37. The minimum Gasteiger partial charge on any atom is -0.490 e. The van der Waals surface area contributed by atoms with Gasteiger partial charge in [0.1, 0.15) is 21.8 Å². The van der Waals surface area contributed by atoms with Gasteiger partial charge in [0.15, 0.2) is 0 Å². The van der Waals surface area contributed by atoms with Crippen molar-refractivity contribution in [1.29, 1.82) is 5.26 Å². The monoisotopic (exact) mass is 503 g/mol. The molecule has 0 saturated carbocycles. The summed E-state index contributed by atoms with van der Waals surface area (Å²) in [7, 11) is 0. The molecule has 1 aromatic heterocycles. The number of carboxylic acid groups (broad SMARTS) is 1. The first-order valence-electron chi connectivity index (χ1n) is 11.8. The molecule has 2 aromatic carbocycles. The molecule has 1 aliphatic carbocycles. The molecular weight excluding hydrogens is 478 g/mol. The van der Waals surface area contributed by atoms with E-state index in [9.17, 15) is 14.9 Å². The Kier molecular flexibility index (Phi) is 6.33. The number of carboxylic acids is 1. The summed E-state index contributed by atoms with van der Waals surface area (Å²) in [6, 6.07) is 13.3. The Morgan fingerprint density at radius 2 is 2.00 bits per heavy atom. The van der Waals surface area contributed by atoms with E-state index in [1.54, 1.807) is 12.1 Å². The average molecular weight is 504 g/mol. The summed E-state index contributed by atoms with van der Waals surface area (Å²) in [6.07, 6.45) is 1.53. The number of likely N-dealkylation sites (tertiary alicyclic amines) is 1. The molecule has 3 aromatic rings. The number of nitrogens with zero attached hydrogens (tertiary/aromatic N) is 4. The number of aromatic nitrogens is 2. The number of hydrogen-bond donors (Lipinski definition) is 2. The van der Waals surface area contributed by atoms with Crippen LogP contribution in [0.1, 0.15) is 43.0 Å². The van der Waals surface area contributed by atoms with Gasteiger partial charge in [0.25, 0.3) is 0 Å². The Hall–Kier alpha value is -3.97. The molecule has 1 fully saturated rings. The third-order valence-corrected chi connectivity index (χ3v) is 7.46. The predicted octanol–water partition coefficient (Wildman–Crippen LogP) is 4.24. The summed E-state index contributed by atoms with van der Waals surface area (Å²) in [5.41, 5.74) is 4.43. The van der Waals surface area contributed by atoms with Crippen LogP contribution in [0.15, 0.2) is 36.4 Å². The summed E-state index contributed by atoms with van der Waals surface area (Å²) < 4.78 is 5.72. The Morgan fingerprint density at radius 1 is 1.22 bits per heavy atom. The number of amides is 2. The van der Waals surface area contributed by atoms with Crippen LogP contribution in [0.4, 0.5) is 4.79 Å². The van der Waals surface area contributed by atoms with Gasteiger partial charge in [-0.2, -0.15) is 5.26 Å². The molecule has 1 atom stereocenters. The van der Waals surface area contributed by atoms with E-state index in [-0.39, 0.29) is 31.3 Å². The first-order chi connectivity index (χ1) is 17.3. The van der Waals surface area contributed by atoms with Crippen molar-refractivity contribution in [2.45, 2.75) is 38.8 Å². The molecule has 9 nitrogen and oxygen atoms in total. The van der Waals surface area contributed by atoms with Crippen molar-refractivity contribution in [1.82, 2.24) is 20.4 Å². The van der Waals surface area contributed by atoms with Crippen LogP contribution in [0, 0.1) is 17.2 Å². The Bertz CT molecular complexity index is 1370. The fourth-order valence-corrected chi connectivity index (χ4v) is 5.49. The molecule has 2 N–H and O–H groups in total. The first-order valence-corrected chi connectivity index (χ1v) is 12.6. The van der Waals surface area contributed by atoms with Gasteiger partial charge in [-0.25, -0.2) is 4.79 Å². The minimum atomic E-state index is -0.866. The van der Waals surface area contributed by atoms with Crippen LogP contribution in [-0.2, 0) is 11.2 Å². The lowest BCUT2D eigenvalue weighted by atomic mass is 10.0. The third kappa shape index (κ3) is 4.50. The Morgan fingerprint density at radius 3 is 2.72 bits per heavy atom. The van der Waals surface area contributed by atoms with Crippen molar-refractivity contribution in [3.63, 3.8) is 0 Å². The quantitative estimate of drug-likeness (QED) is 0.515. The van der Waals surface area contributed by atoms with Gasteiger partial charge < -0.3 is 20.1 Å². The lowest BCUT2D eigenvalue weighted by Crippen LogP contribution is -2.56. The number of benzene rings is 2. The molecular formula is C26H25N5O4S. The molecule has 1 saturated heterocycles. The molecule has 5 rings (SSSR count). The third-order valence-electron chi connectivity index (χ3n) is 6.45. The molecule has 184 valence electrons. The number of urea groups is 1. The smallest absolute Gasteiger partial charge is 0.317 e. The molecule has 0 unspecified atom stereocenters. The summed E-state index contributed by atoms with van der Waals surface area (Å²) in [5, 5.41) is 31.9. The standard InChI is InChI=1S/C26H25N5O4S/c1-14(2)35-22-9-6-15(10-16(22)11-27)23-29-30-24(36-23)20-5-3-4-19-18(20)7-8-21(19)28-26(34)31-12-17(13-31)25(32)33/h3-6,9-10,14,17,21H,7-8,12-13H2,1-2H3,(H,28,34)(H,32,33)/t21-/m1/s1. The van der Waals surface area contributed by atoms with E-state index in [0.717, 1.165) is 40.1 Å². The van der Waals surface area contributed by atoms with Crippen molar-refractivity contribution in [2.24, 2.45) is 5.92 Å². The molecule has 0 radical (unpaired) electrons. The van der Waals surface area contributed by atoms with E-state index >= 15 is 0 Å². The second-order valence-electron chi connectivity index (χ2n) is 9.26. The van der Waals surface area contributed by atoms with E-state index in [4.69, 9.17) is 9.84 Å². The number of aliphatic carboxylic acids is 1. The SMILES string of the molecule is CC(C)Oc1ccc(-c2nnc(-c3cccc4c3CC[C@H]4NC(=O)N3CC(C(=O)O)C3)s2)cc1C#N. The molecule has 36 heavy (non-hydrogen) atoms. The highest BCUT2D eigenvalue weighted by molar-refractivity contribution is 7.17. The highest BCUT2D eigenvalue weighted by Crippen LogP contribution is 2.40. The van der Waals surface area contributed by atoms with E-state index < -0.39 is 11.9 Å². The van der Waals surface area contributed by atoms with Gasteiger partial charge in [0.2, 0.25) is 0 Å². The van der Waals surface area contributed by atoms with Crippen molar-refractivity contribution in [3.8, 4) is 33.0 Å². The summed E-state index contributed by atoms with van der Waals surface area (Å²) in [4.78, 5) is 25.1. The molecule has 0 bridgehead atoms. The average Bonchev–Trinajstić information content (AvgIpc) is 3.45. The molecule has 0 spiro atoms. The van der Waals surface area contributed by atoms with E-state index in [0.29, 0.717) is 16.3 Å². The topological polar surface area (TPSA) is 128 Å². The van der Waals surface area contributed by atoms with Gasteiger partial charge in [-0.3, -0.25) is 4.79 Å². The maximum atomic E-state index is 12.6. The fourth-order valence-electron chi connectivity index (χ4n) is 4.60. The zero-order valence-electron chi connectivity index (χ0n) is 19.9. The van der Waals surface area contributed by atoms with Gasteiger partial charge in [-0.05, 0) is 56.0 Å². The molecule has 1 aliphatic heterocycles. The predicted molar refractivity (Wildman–Crippen MR) is 134 cm³/mol. The first kappa shape index (κ1) is 23.8. The van der Waals surface area contributed by atoms with Crippen molar-refractivity contribution >= 4 is 23.3 Å². The van der Waals surface area contributed by atoms with E-state index in [2.05, 4.69) is 21.6 Å². The van der Waals surface area contributed by atoms with Crippen LogP contribution in [-0.4, -0.2) is 51.4 Å². The van der Waals surface area contributed by atoms with Crippen LogP contribution in [0.3, 0.4) is 0 Å². The van der Waals surface area contributed by atoms with Gasteiger partial charge in [0.05, 0.1) is 23.6 Å². The maximum Gasteiger partial charge on any atom is 0.317 e. The Balaban J connectivity index is 1.34. The molecule has 10 heteroatoms. The highest BCUT2D eigenvalue weighted by Gasteiger charge is 2.37. The summed E-state index contributed by atoms with van der Waals surface area (Å²) in [6.45, 7) is 4.32. The number of nitrogens with one attached hydrogen (secondary N) is 1. The number of carbonyl (C=O) groups is 2. The number of ether oxygens (including phenoxy) is 1. The van der Waals surface area contributed by atoms with Crippen molar-refractivity contribution in [2.75, 3.05) is 13.1 Å². The summed E-state index contributed by atoms with van der Waals surface area (Å²) in [5.74, 6) is -0.797. The largest absolute Gasteiger partial charge is 0.490 e. The van der Waals surface area contributed by atoms with Crippen molar-refractivity contribution < 1.29 is 19.4 Å². The van der Waals surface area contributed by atoms with Crippen LogP contribution in [0.5, 0.6) is 5.75 Å². The normalized spacial score (nSPS) is 16.8. The lowest BCUT2D eigenvalue weighted by molar-refractivity contribution is -0.146. The molecule has 2 aliphatic rings.